The summed E-state index contributed by atoms with van der Waals surface area (Å²) in [4.78, 5) is 4.32. The zero-order valence-corrected chi connectivity index (χ0v) is 14.3. The van der Waals surface area contributed by atoms with Gasteiger partial charge in [0, 0.05) is 23.5 Å². The molecule has 1 heterocycles. The van der Waals surface area contributed by atoms with Crippen LogP contribution in [-0.2, 0) is 0 Å². The largest absolute Gasteiger partial charge is 0.299 e. The smallest absolute Gasteiger partial charge is 0.144 e. The molecule has 0 aliphatic carbocycles. The number of rotatable bonds is 4. The zero-order chi connectivity index (χ0) is 27.5. The van der Waals surface area contributed by atoms with Crippen molar-refractivity contribution in [3.63, 3.8) is 0 Å². The Hall–Kier alpha value is -3.13. The second kappa shape index (κ2) is 7.01. The van der Waals surface area contributed by atoms with Gasteiger partial charge in [-0.1, -0.05) is 92.4 Å². The van der Waals surface area contributed by atoms with E-state index in [1.54, 1.807) is 0 Å². The summed E-state index contributed by atoms with van der Waals surface area (Å²) in [5.74, 6) is -0.209. The lowest BCUT2D eigenvalue weighted by Gasteiger charge is -2.20. The van der Waals surface area contributed by atoms with Gasteiger partial charge in [0.1, 0.15) is 5.82 Å². The molecule has 0 bridgehead atoms. The Kier molecular flexibility index (Phi) is 2.17. The second-order valence-corrected chi connectivity index (χ2v) is 5.92. The normalized spacial score (nSPS) is 17.0. The highest BCUT2D eigenvalue weighted by atomic mass is 15.1. The molecule has 0 atom stereocenters. The SMILES string of the molecule is [2H]c1cc(-c2nccn2-c2c(-c3c([2H])c([2H])c([2H])c([2H])c3[2H])c([2H])cc([2H])c2C(C)C)c([2H])c([2H])c1[2H]. The van der Waals surface area contributed by atoms with Gasteiger partial charge < -0.3 is 0 Å². The highest BCUT2D eigenvalue weighted by Crippen LogP contribution is 2.35. The van der Waals surface area contributed by atoms with Crippen LogP contribution in [0.1, 0.15) is 40.4 Å². The van der Waals surface area contributed by atoms with Crippen molar-refractivity contribution in [1.82, 2.24) is 9.55 Å². The summed E-state index contributed by atoms with van der Waals surface area (Å²) in [7, 11) is 0. The molecular formula is C24H22N2. The van der Waals surface area contributed by atoms with Crippen LogP contribution in [0.3, 0.4) is 0 Å². The van der Waals surface area contributed by atoms with Crippen LogP contribution in [0.15, 0.2) is 91.0 Å². The summed E-state index contributed by atoms with van der Waals surface area (Å²) in [6, 6.07) is -1.92. The topological polar surface area (TPSA) is 17.8 Å². The molecule has 2 heteroatoms. The van der Waals surface area contributed by atoms with Crippen LogP contribution < -0.4 is 0 Å². The van der Waals surface area contributed by atoms with Crippen LogP contribution in [-0.4, -0.2) is 9.55 Å². The third-order valence-electron chi connectivity index (χ3n) is 3.93. The van der Waals surface area contributed by atoms with Gasteiger partial charge in [-0.15, -0.1) is 0 Å². The standard InChI is InChI=1S/C24H22N2/c1-18(2)21-14-9-15-22(19-10-5-3-6-11-19)23(21)26-17-16-25-24(26)20-12-7-4-8-13-20/h3-18H,1-2H3/i3D,4D,5D,6D,7D,8D,10D,11D,12D,14D,15D. The molecule has 0 spiro atoms. The zero-order valence-electron chi connectivity index (χ0n) is 25.3. The first-order chi connectivity index (χ1) is 17.3. The number of benzene rings is 3. The van der Waals surface area contributed by atoms with Crippen LogP contribution in [0.5, 0.6) is 0 Å². The van der Waals surface area contributed by atoms with Gasteiger partial charge in [-0.25, -0.2) is 4.98 Å². The Bertz CT molecular complexity index is 1550. The quantitative estimate of drug-likeness (QED) is 0.421. The van der Waals surface area contributed by atoms with E-state index < -0.39 is 42.3 Å². The Morgan fingerprint density at radius 1 is 0.885 bits per heavy atom. The van der Waals surface area contributed by atoms with E-state index in [4.69, 9.17) is 15.1 Å². The molecule has 0 amide bonds. The molecule has 1 aromatic heterocycles. The van der Waals surface area contributed by atoms with Crippen molar-refractivity contribution < 1.29 is 15.1 Å². The van der Waals surface area contributed by atoms with Crippen LogP contribution in [0.25, 0.3) is 28.2 Å². The van der Waals surface area contributed by atoms with Gasteiger partial charge in [0.15, 0.2) is 0 Å². The van der Waals surface area contributed by atoms with Crippen LogP contribution in [0.2, 0.25) is 0 Å². The maximum absolute atomic E-state index is 8.72. The number of imidazole rings is 1. The molecule has 0 N–H and O–H groups in total. The number of aromatic nitrogens is 2. The van der Waals surface area contributed by atoms with E-state index in [1.165, 1.54) is 29.1 Å². The van der Waals surface area contributed by atoms with Crippen molar-refractivity contribution in [1.29, 1.82) is 0 Å². The molecule has 3 aromatic carbocycles. The Morgan fingerprint density at radius 3 is 2.38 bits per heavy atom. The summed E-state index contributed by atoms with van der Waals surface area (Å²) < 4.78 is 92.5. The number of hydrogen-bond acceptors (Lipinski definition) is 1. The van der Waals surface area contributed by atoms with Crippen LogP contribution in [0.4, 0.5) is 0 Å². The number of nitrogens with zero attached hydrogens (tertiary/aromatic N) is 2. The molecule has 128 valence electrons. The minimum atomic E-state index is -0.573. The van der Waals surface area contributed by atoms with E-state index in [-0.39, 0.29) is 58.3 Å². The maximum Gasteiger partial charge on any atom is 0.144 e. The maximum atomic E-state index is 8.72. The minimum absolute atomic E-state index is 0.000677. The van der Waals surface area contributed by atoms with E-state index in [0.29, 0.717) is 5.56 Å². The van der Waals surface area contributed by atoms with Crippen molar-refractivity contribution in [2.75, 3.05) is 0 Å². The van der Waals surface area contributed by atoms with Gasteiger partial charge >= 0.3 is 0 Å². The molecule has 2 nitrogen and oxygen atoms in total. The van der Waals surface area contributed by atoms with E-state index >= 15 is 0 Å². The molecule has 4 rings (SSSR count). The van der Waals surface area contributed by atoms with Gasteiger partial charge in [-0.3, -0.25) is 4.57 Å². The van der Waals surface area contributed by atoms with Gasteiger partial charge in [-0.05, 0) is 17.0 Å². The molecular weight excluding hydrogens is 316 g/mol. The van der Waals surface area contributed by atoms with Crippen LogP contribution in [0, 0.1) is 0 Å². The van der Waals surface area contributed by atoms with E-state index in [2.05, 4.69) is 4.98 Å². The monoisotopic (exact) mass is 349 g/mol. The van der Waals surface area contributed by atoms with Crippen molar-refractivity contribution in [2.24, 2.45) is 0 Å². The van der Waals surface area contributed by atoms with E-state index in [0.717, 1.165) is 0 Å². The summed E-state index contributed by atoms with van der Waals surface area (Å²) in [6.07, 6.45) is 2.89. The fourth-order valence-electron chi connectivity index (χ4n) is 2.80. The second-order valence-electron chi connectivity index (χ2n) is 5.92. The molecule has 0 saturated heterocycles. The molecule has 0 radical (unpaired) electrons. The number of para-hydroxylation sites is 1. The molecule has 4 aromatic rings. The molecule has 26 heavy (non-hydrogen) atoms. The first-order valence-corrected chi connectivity index (χ1v) is 8.12. The lowest BCUT2D eigenvalue weighted by Crippen LogP contribution is -2.05. The lowest BCUT2D eigenvalue weighted by molar-refractivity contribution is 0.848. The van der Waals surface area contributed by atoms with Gasteiger partial charge in [-0.2, -0.15) is 0 Å². The third-order valence-corrected chi connectivity index (χ3v) is 3.93. The van der Waals surface area contributed by atoms with Gasteiger partial charge in [0.2, 0.25) is 0 Å². The third kappa shape index (κ3) is 2.95. The van der Waals surface area contributed by atoms with Crippen molar-refractivity contribution >= 4 is 0 Å². The summed E-state index contributed by atoms with van der Waals surface area (Å²) >= 11 is 0. The summed E-state index contributed by atoms with van der Waals surface area (Å²) in [5, 5.41) is 0. The Morgan fingerprint density at radius 2 is 1.62 bits per heavy atom. The minimum Gasteiger partial charge on any atom is -0.299 e. The highest BCUT2D eigenvalue weighted by molar-refractivity contribution is 5.77. The predicted molar refractivity (Wildman–Crippen MR) is 109 cm³/mol. The van der Waals surface area contributed by atoms with E-state index in [1.807, 2.05) is 13.8 Å². The summed E-state index contributed by atoms with van der Waals surface area (Å²) in [5.41, 5.74) is 0.461. The first-order valence-electron chi connectivity index (χ1n) is 13.6. The van der Waals surface area contributed by atoms with Crippen LogP contribution >= 0.6 is 0 Å². The van der Waals surface area contributed by atoms with E-state index in [9.17, 15) is 0 Å². The van der Waals surface area contributed by atoms with Crippen molar-refractivity contribution in [3.8, 4) is 28.2 Å². The molecule has 0 saturated carbocycles. The molecule has 0 unspecified atom stereocenters. The van der Waals surface area contributed by atoms with Crippen molar-refractivity contribution in [2.45, 2.75) is 19.8 Å². The predicted octanol–water partition coefficient (Wildman–Crippen LogP) is 6.33. The average Bonchev–Trinajstić information content (AvgIpc) is 3.32. The van der Waals surface area contributed by atoms with Gasteiger partial charge in [0.05, 0.1) is 20.8 Å². The number of hydrogen-bond donors (Lipinski definition) is 0. The Labute approximate surface area is 170 Å². The lowest BCUT2D eigenvalue weighted by atomic mass is 9.94. The fraction of sp³-hybridized carbons (Fsp3) is 0.125. The molecule has 0 fully saturated rings. The summed E-state index contributed by atoms with van der Waals surface area (Å²) in [6.45, 7) is 3.63. The average molecular weight is 350 g/mol. The van der Waals surface area contributed by atoms with Crippen molar-refractivity contribution in [3.05, 3.63) is 96.6 Å². The highest BCUT2D eigenvalue weighted by Gasteiger charge is 2.17. The molecule has 0 aliphatic rings. The van der Waals surface area contributed by atoms with Gasteiger partial charge in [0.25, 0.3) is 0 Å². The molecule has 0 aliphatic heterocycles. The fourth-order valence-corrected chi connectivity index (χ4v) is 2.80. The first kappa shape index (κ1) is 8.05. The Balaban J connectivity index is 2.21.